The summed E-state index contributed by atoms with van der Waals surface area (Å²) in [6.45, 7) is -2.65. The molecule has 0 saturated heterocycles. The third kappa shape index (κ3) is 5.07. The minimum atomic E-state index is -2.65. The van der Waals surface area contributed by atoms with Gasteiger partial charge in [-0.3, -0.25) is 0 Å². The number of rotatable bonds is 6. The Labute approximate surface area is 143 Å². The molecule has 0 aliphatic heterocycles. The van der Waals surface area contributed by atoms with Crippen molar-refractivity contribution in [2.75, 3.05) is 0 Å². The largest absolute Gasteiger partial charge is 0.425 e. The molecule has 1 aliphatic carbocycles. The van der Waals surface area contributed by atoms with Crippen molar-refractivity contribution in [2.24, 2.45) is 0 Å². The predicted molar refractivity (Wildman–Crippen MR) is 98.4 cm³/mol. The minimum Gasteiger partial charge on any atom is -0.425 e. The molecule has 3 nitrogen and oxygen atoms in total. The van der Waals surface area contributed by atoms with Crippen LogP contribution in [0.3, 0.4) is 0 Å². The summed E-state index contributed by atoms with van der Waals surface area (Å²) < 4.78 is 12.2. The molecular formula is C18H22NO2PS. The molecule has 2 aromatic carbocycles. The highest BCUT2D eigenvalue weighted by Crippen LogP contribution is 2.46. The second kappa shape index (κ2) is 7.96. The Bertz CT molecular complexity index is 599. The summed E-state index contributed by atoms with van der Waals surface area (Å²) in [6.07, 6.45) is 6.05. The molecule has 0 aromatic heterocycles. The second-order valence-electron chi connectivity index (χ2n) is 5.77. The van der Waals surface area contributed by atoms with Crippen molar-refractivity contribution in [2.45, 2.75) is 38.1 Å². The van der Waals surface area contributed by atoms with E-state index in [4.69, 9.17) is 20.9 Å². The molecule has 0 spiro atoms. The monoisotopic (exact) mass is 347 g/mol. The zero-order valence-corrected chi connectivity index (χ0v) is 14.8. The van der Waals surface area contributed by atoms with E-state index in [1.807, 2.05) is 60.7 Å². The third-order valence-corrected chi connectivity index (χ3v) is 6.23. The fourth-order valence-corrected chi connectivity index (χ4v) is 5.38. The van der Waals surface area contributed by atoms with Gasteiger partial charge in [0.1, 0.15) is 11.5 Å². The molecular weight excluding hydrogens is 325 g/mol. The third-order valence-electron chi connectivity index (χ3n) is 3.88. The van der Waals surface area contributed by atoms with E-state index in [-0.39, 0.29) is 0 Å². The zero-order chi connectivity index (χ0) is 16.0. The van der Waals surface area contributed by atoms with Gasteiger partial charge in [0.05, 0.1) is 0 Å². The lowest BCUT2D eigenvalue weighted by atomic mass is 9.96. The predicted octanol–water partition coefficient (Wildman–Crippen LogP) is 5.29. The maximum absolute atomic E-state index is 6.10. The van der Waals surface area contributed by atoms with E-state index in [1.165, 1.54) is 19.3 Å². The number of benzene rings is 2. The van der Waals surface area contributed by atoms with Crippen LogP contribution >= 0.6 is 6.64 Å². The average Bonchev–Trinajstić information content (AvgIpc) is 2.57. The maximum Gasteiger partial charge on any atom is 0.365 e. The van der Waals surface area contributed by atoms with Crippen molar-refractivity contribution < 1.29 is 9.05 Å². The van der Waals surface area contributed by atoms with Crippen molar-refractivity contribution >= 4 is 18.4 Å². The van der Waals surface area contributed by atoms with Crippen molar-refractivity contribution in [1.29, 1.82) is 0 Å². The Morgan fingerprint density at radius 2 is 1.26 bits per heavy atom. The van der Waals surface area contributed by atoms with Gasteiger partial charge in [0.25, 0.3) is 0 Å². The van der Waals surface area contributed by atoms with Gasteiger partial charge in [-0.2, -0.15) is 0 Å². The van der Waals surface area contributed by atoms with Crippen LogP contribution in [0.4, 0.5) is 0 Å². The molecule has 0 amide bonds. The van der Waals surface area contributed by atoms with Crippen molar-refractivity contribution in [3.8, 4) is 11.5 Å². The number of nitrogens with one attached hydrogen (secondary N) is 1. The quantitative estimate of drug-likeness (QED) is 0.719. The Morgan fingerprint density at radius 1 is 0.783 bits per heavy atom. The second-order valence-corrected chi connectivity index (χ2v) is 8.83. The molecule has 122 valence electrons. The molecule has 23 heavy (non-hydrogen) atoms. The lowest BCUT2D eigenvalue weighted by molar-refractivity contribution is 0.388. The normalized spacial score (nSPS) is 16.0. The van der Waals surface area contributed by atoms with Crippen molar-refractivity contribution in [3.63, 3.8) is 0 Å². The molecule has 0 bridgehead atoms. The SMILES string of the molecule is S=P(NC1CCCCC1)(Oc1ccccc1)Oc1ccccc1. The fourth-order valence-electron chi connectivity index (χ4n) is 2.77. The smallest absolute Gasteiger partial charge is 0.365 e. The first kappa shape index (κ1) is 16.5. The molecule has 0 heterocycles. The van der Waals surface area contributed by atoms with E-state index in [1.54, 1.807) is 0 Å². The van der Waals surface area contributed by atoms with Crippen molar-refractivity contribution in [1.82, 2.24) is 5.09 Å². The highest BCUT2D eigenvalue weighted by Gasteiger charge is 2.27. The van der Waals surface area contributed by atoms with Gasteiger partial charge < -0.3 is 9.05 Å². The molecule has 0 atom stereocenters. The Balaban J connectivity index is 1.77. The summed E-state index contributed by atoms with van der Waals surface area (Å²) in [5, 5.41) is 3.51. The van der Waals surface area contributed by atoms with Crippen LogP contribution in [-0.4, -0.2) is 6.04 Å². The number of para-hydroxylation sites is 2. The zero-order valence-electron chi connectivity index (χ0n) is 13.1. The van der Waals surface area contributed by atoms with Gasteiger partial charge in [0.2, 0.25) is 0 Å². The van der Waals surface area contributed by atoms with Crippen LogP contribution in [0.15, 0.2) is 60.7 Å². The highest BCUT2D eigenvalue weighted by atomic mass is 32.5. The van der Waals surface area contributed by atoms with Crippen LogP contribution < -0.4 is 14.1 Å². The van der Waals surface area contributed by atoms with Gasteiger partial charge in [-0.15, -0.1) is 0 Å². The standard InChI is InChI=1S/C18H22NO2PS/c23-22(19-16-10-4-1-5-11-16,20-17-12-6-2-7-13-17)21-18-14-8-3-9-15-18/h2-3,6-9,12-16H,1,4-5,10-11H2,(H,19,23). The maximum atomic E-state index is 6.10. The van der Waals surface area contributed by atoms with Crippen LogP contribution in [0.1, 0.15) is 32.1 Å². The van der Waals surface area contributed by atoms with Crippen LogP contribution in [-0.2, 0) is 11.8 Å². The van der Waals surface area contributed by atoms with E-state index in [2.05, 4.69) is 5.09 Å². The summed E-state index contributed by atoms with van der Waals surface area (Å²) in [5.74, 6) is 1.49. The molecule has 1 saturated carbocycles. The van der Waals surface area contributed by atoms with Gasteiger partial charge in [-0.1, -0.05) is 55.7 Å². The first-order valence-corrected chi connectivity index (χ1v) is 10.7. The van der Waals surface area contributed by atoms with Gasteiger partial charge in [0.15, 0.2) is 0 Å². The molecule has 1 aliphatic rings. The molecule has 1 fully saturated rings. The van der Waals surface area contributed by atoms with E-state index in [9.17, 15) is 0 Å². The number of hydrogen-bond donors (Lipinski definition) is 1. The summed E-state index contributed by atoms with van der Waals surface area (Å²) in [6, 6.07) is 19.7. The summed E-state index contributed by atoms with van der Waals surface area (Å²) in [5.41, 5.74) is 0. The van der Waals surface area contributed by atoms with Gasteiger partial charge in [0, 0.05) is 17.8 Å². The van der Waals surface area contributed by atoms with Gasteiger partial charge >= 0.3 is 6.64 Å². The topological polar surface area (TPSA) is 30.5 Å². The van der Waals surface area contributed by atoms with Gasteiger partial charge in [-0.25, -0.2) is 5.09 Å². The van der Waals surface area contributed by atoms with Gasteiger partial charge in [-0.05, 0) is 37.1 Å². The molecule has 5 heteroatoms. The first-order valence-electron chi connectivity index (χ1n) is 8.11. The lowest BCUT2D eigenvalue weighted by Gasteiger charge is -2.30. The summed E-state index contributed by atoms with van der Waals surface area (Å²) in [7, 11) is 0. The Kier molecular flexibility index (Phi) is 5.71. The van der Waals surface area contributed by atoms with Crippen LogP contribution in [0.2, 0.25) is 0 Å². The van der Waals surface area contributed by atoms with Crippen LogP contribution in [0.5, 0.6) is 11.5 Å². The Morgan fingerprint density at radius 3 is 1.74 bits per heavy atom. The average molecular weight is 347 g/mol. The fraction of sp³-hybridized carbons (Fsp3) is 0.333. The summed E-state index contributed by atoms with van der Waals surface area (Å²) in [4.78, 5) is 0. The van der Waals surface area contributed by atoms with E-state index < -0.39 is 6.64 Å². The lowest BCUT2D eigenvalue weighted by Crippen LogP contribution is -2.31. The molecule has 1 N–H and O–H groups in total. The first-order chi connectivity index (χ1) is 11.2. The molecule has 3 rings (SSSR count). The Hall–Kier alpha value is -1.35. The molecule has 2 aromatic rings. The minimum absolute atomic E-state index is 0.377. The van der Waals surface area contributed by atoms with E-state index >= 15 is 0 Å². The summed E-state index contributed by atoms with van der Waals surface area (Å²) >= 11 is 5.80. The highest BCUT2D eigenvalue weighted by molar-refractivity contribution is 8.09. The van der Waals surface area contributed by atoms with E-state index in [0.717, 1.165) is 24.3 Å². The number of hydrogen-bond acceptors (Lipinski definition) is 3. The van der Waals surface area contributed by atoms with Crippen LogP contribution in [0.25, 0.3) is 0 Å². The van der Waals surface area contributed by atoms with E-state index in [0.29, 0.717) is 6.04 Å². The molecule has 0 radical (unpaired) electrons. The van der Waals surface area contributed by atoms with Crippen LogP contribution in [0, 0.1) is 0 Å². The van der Waals surface area contributed by atoms with Crippen molar-refractivity contribution in [3.05, 3.63) is 60.7 Å². The molecule has 0 unspecified atom stereocenters.